The monoisotopic (exact) mass is 154 g/mol. The number of halogens is 3. The van der Waals surface area contributed by atoms with Crippen LogP contribution < -0.4 is 29.6 Å². The van der Waals surface area contributed by atoms with E-state index in [2.05, 4.69) is 0 Å². The topological polar surface area (TPSA) is 0 Å². The average molecular weight is 154 g/mol. The van der Waals surface area contributed by atoms with Gasteiger partial charge in [-0.25, -0.2) is 8.78 Å². The van der Waals surface area contributed by atoms with E-state index >= 15 is 0 Å². The molecule has 0 unspecified atom stereocenters. The smallest absolute Gasteiger partial charge is 0.278 e. The van der Waals surface area contributed by atoms with Gasteiger partial charge >= 0.3 is 29.6 Å². The first kappa shape index (κ1) is 10.0. The van der Waals surface area contributed by atoms with Crippen molar-refractivity contribution in [2.75, 3.05) is 0 Å². The van der Waals surface area contributed by atoms with Gasteiger partial charge in [0.15, 0.2) is 0 Å². The van der Waals surface area contributed by atoms with Crippen LogP contribution in [0.4, 0.5) is 13.2 Å². The normalized spacial score (nSPS) is 8.70. The Morgan fingerprint density at radius 3 is 2.20 bits per heavy atom. The van der Waals surface area contributed by atoms with E-state index < -0.39 is 17.5 Å². The summed E-state index contributed by atoms with van der Waals surface area (Å²) >= 11 is 0. The molecule has 0 fully saturated rings. The molecule has 0 amide bonds. The third kappa shape index (κ3) is 2.01. The molecule has 0 spiro atoms. The van der Waals surface area contributed by atoms with Gasteiger partial charge in [-0.3, -0.25) is 4.39 Å². The van der Waals surface area contributed by atoms with Crippen molar-refractivity contribution in [2.24, 2.45) is 0 Å². The van der Waals surface area contributed by atoms with Gasteiger partial charge in [0, 0.05) is 5.82 Å². The third-order valence-electron chi connectivity index (χ3n) is 0.842. The van der Waals surface area contributed by atoms with Crippen molar-refractivity contribution in [2.45, 2.75) is 0 Å². The molecule has 0 aliphatic carbocycles. The van der Waals surface area contributed by atoms with Crippen molar-refractivity contribution in [3.63, 3.8) is 0 Å². The molecule has 0 N–H and O–H groups in total. The fourth-order valence-corrected chi connectivity index (χ4v) is 0.429. The fourth-order valence-electron chi connectivity index (χ4n) is 0.429. The fraction of sp³-hybridized carbons (Fsp3) is 0. The Kier molecular flexibility index (Phi) is 4.01. The first-order valence-electron chi connectivity index (χ1n) is 2.23. The Labute approximate surface area is 78.3 Å². The van der Waals surface area contributed by atoms with E-state index in [1.165, 1.54) is 0 Å². The second-order valence-electron chi connectivity index (χ2n) is 1.45. The van der Waals surface area contributed by atoms with Gasteiger partial charge in [0.1, 0.15) is 0 Å². The second kappa shape index (κ2) is 4.01. The zero-order valence-corrected chi connectivity index (χ0v) is 7.29. The van der Waals surface area contributed by atoms with Crippen LogP contribution in [0.1, 0.15) is 0 Å². The summed E-state index contributed by atoms with van der Waals surface area (Å²) in [6.45, 7) is 0. The van der Waals surface area contributed by atoms with Crippen LogP contribution in [0, 0.1) is 23.5 Å². The van der Waals surface area contributed by atoms with Crippen LogP contribution in [-0.4, -0.2) is 0 Å². The largest absolute Gasteiger partial charge is 1.00 e. The molecule has 0 radical (unpaired) electrons. The maximum atomic E-state index is 11.9. The van der Waals surface area contributed by atoms with Crippen LogP contribution in [0.25, 0.3) is 0 Å². The van der Waals surface area contributed by atoms with Crippen molar-refractivity contribution in [1.82, 2.24) is 0 Å². The molecule has 4 heteroatoms. The molecule has 0 atom stereocenters. The summed E-state index contributed by atoms with van der Waals surface area (Å²) < 4.78 is 35.8. The molecular formula is C6H2F3Na. The molecule has 48 valence electrons. The van der Waals surface area contributed by atoms with Gasteiger partial charge in [-0.15, -0.1) is 12.1 Å². The molecule has 1 rings (SSSR count). The van der Waals surface area contributed by atoms with Crippen molar-refractivity contribution >= 4 is 0 Å². The molecule has 0 heterocycles. The number of hydrogen-bond acceptors (Lipinski definition) is 0. The summed E-state index contributed by atoms with van der Waals surface area (Å²) in [5.41, 5.74) is 0. The molecule has 1 aromatic carbocycles. The molecule has 10 heavy (non-hydrogen) atoms. The SMILES string of the molecule is Fc1[c-]ccc(F)c1F.[Na+]. The standard InChI is InChI=1S/C6H2F3.Na/c7-4-2-1-3-5(8)6(4)9;/h1-2H;/q-1;+1. The second-order valence-corrected chi connectivity index (χ2v) is 1.45. The number of benzene rings is 1. The van der Waals surface area contributed by atoms with Gasteiger partial charge in [-0.2, -0.15) is 6.07 Å². The van der Waals surface area contributed by atoms with Crippen molar-refractivity contribution < 1.29 is 42.7 Å². The van der Waals surface area contributed by atoms with Crippen molar-refractivity contribution in [3.8, 4) is 0 Å². The minimum atomic E-state index is -1.47. The Morgan fingerprint density at radius 2 is 1.80 bits per heavy atom. The molecule has 0 bridgehead atoms. The Balaban J connectivity index is 0.000000810. The van der Waals surface area contributed by atoms with Crippen LogP contribution >= 0.6 is 0 Å². The molecule has 0 nitrogen and oxygen atoms in total. The molecule has 0 aromatic heterocycles. The quantitative estimate of drug-likeness (QED) is 0.253. The Morgan fingerprint density at radius 1 is 1.20 bits per heavy atom. The summed E-state index contributed by atoms with van der Waals surface area (Å²) in [4.78, 5) is 0. The summed E-state index contributed by atoms with van der Waals surface area (Å²) in [5, 5.41) is 0. The van der Waals surface area contributed by atoms with E-state index in [0.29, 0.717) is 0 Å². The zero-order chi connectivity index (χ0) is 6.85. The number of rotatable bonds is 0. The predicted octanol–water partition coefficient (Wildman–Crippen LogP) is -1.09. The maximum Gasteiger partial charge on any atom is 1.00 e. The van der Waals surface area contributed by atoms with Crippen molar-refractivity contribution in [1.29, 1.82) is 0 Å². The van der Waals surface area contributed by atoms with Crippen LogP contribution in [0.2, 0.25) is 0 Å². The van der Waals surface area contributed by atoms with Crippen LogP contribution in [-0.2, 0) is 0 Å². The van der Waals surface area contributed by atoms with Crippen LogP contribution in [0.5, 0.6) is 0 Å². The van der Waals surface area contributed by atoms with E-state index in [-0.39, 0.29) is 29.6 Å². The first-order valence-corrected chi connectivity index (χ1v) is 2.23. The molecule has 0 aliphatic rings. The molecule has 0 saturated heterocycles. The Hall–Kier alpha value is 0.0100. The Bertz CT molecular complexity index is 204. The van der Waals surface area contributed by atoms with Crippen LogP contribution in [0.15, 0.2) is 12.1 Å². The average Bonchev–Trinajstić information content (AvgIpc) is 1.83. The van der Waals surface area contributed by atoms with Crippen LogP contribution in [0.3, 0.4) is 0 Å². The number of hydrogen-bond donors (Lipinski definition) is 0. The molecule has 0 saturated carbocycles. The summed E-state index contributed by atoms with van der Waals surface area (Å²) in [5.74, 6) is -3.95. The predicted molar refractivity (Wildman–Crippen MR) is 25.2 cm³/mol. The zero-order valence-electron chi connectivity index (χ0n) is 5.29. The minimum Gasteiger partial charge on any atom is -0.278 e. The van der Waals surface area contributed by atoms with Gasteiger partial charge in [0.25, 0.3) is 0 Å². The maximum absolute atomic E-state index is 11.9. The van der Waals surface area contributed by atoms with E-state index in [9.17, 15) is 13.2 Å². The van der Waals surface area contributed by atoms with Crippen molar-refractivity contribution in [3.05, 3.63) is 35.7 Å². The van der Waals surface area contributed by atoms with Gasteiger partial charge in [-0.1, -0.05) is 0 Å². The van der Waals surface area contributed by atoms with Gasteiger partial charge < -0.3 is 0 Å². The van der Waals surface area contributed by atoms with Gasteiger partial charge in [-0.05, 0) is 0 Å². The van der Waals surface area contributed by atoms with Gasteiger partial charge in [0.05, 0.1) is 11.6 Å². The van der Waals surface area contributed by atoms with E-state index in [1.807, 2.05) is 6.07 Å². The van der Waals surface area contributed by atoms with E-state index in [4.69, 9.17) is 0 Å². The van der Waals surface area contributed by atoms with E-state index in [0.717, 1.165) is 12.1 Å². The third-order valence-corrected chi connectivity index (χ3v) is 0.842. The van der Waals surface area contributed by atoms with Gasteiger partial charge in [0.2, 0.25) is 0 Å². The first-order chi connectivity index (χ1) is 4.22. The summed E-state index contributed by atoms with van der Waals surface area (Å²) in [7, 11) is 0. The molecule has 1 aromatic rings. The minimum absolute atomic E-state index is 0. The molecular weight excluding hydrogens is 152 g/mol. The summed E-state index contributed by atoms with van der Waals surface area (Å²) in [6.07, 6.45) is 0. The summed E-state index contributed by atoms with van der Waals surface area (Å²) in [6, 6.07) is 3.64. The van der Waals surface area contributed by atoms with E-state index in [1.54, 1.807) is 0 Å². The molecule has 0 aliphatic heterocycles.